The van der Waals surface area contributed by atoms with E-state index in [0.29, 0.717) is 28.2 Å². The van der Waals surface area contributed by atoms with Gasteiger partial charge in [-0.15, -0.1) is 11.3 Å². The molecular formula is C26H24ClN3O2S. The van der Waals surface area contributed by atoms with Crippen molar-refractivity contribution in [3.8, 4) is 0 Å². The molecule has 0 fully saturated rings. The summed E-state index contributed by atoms with van der Waals surface area (Å²) in [6.45, 7) is 2.37. The molecule has 0 aliphatic carbocycles. The summed E-state index contributed by atoms with van der Waals surface area (Å²) < 4.78 is 1.33. The molecule has 0 unspecified atom stereocenters. The summed E-state index contributed by atoms with van der Waals surface area (Å²) in [5.74, 6) is 0. The van der Waals surface area contributed by atoms with Gasteiger partial charge in [0.15, 0.2) is 0 Å². The number of rotatable bonds is 7. The van der Waals surface area contributed by atoms with Crippen molar-refractivity contribution in [2.45, 2.75) is 39.2 Å². The van der Waals surface area contributed by atoms with Gasteiger partial charge in [-0.1, -0.05) is 41.9 Å². The maximum atomic E-state index is 13.2. The second-order valence-corrected chi connectivity index (χ2v) is 9.87. The Kier molecular flexibility index (Phi) is 5.96. The van der Waals surface area contributed by atoms with E-state index in [1.807, 2.05) is 43.3 Å². The van der Waals surface area contributed by atoms with E-state index in [2.05, 4.69) is 28.3 Å². The number of hydrogen-bond acceptors (Lipinski definition) is 3. The zero-order chi connectivity index (χ0) is 22.9. The van der Waals surface area contributed by atoms with Crippen LogP contribution in [0.15, 0.2) is 64.3 Å². The molecule has 0 spiro atoms. The van der Waals surface area contributed by atoms with Crippen molar-refractivity contribution >= 4 is 44.1 Å². The maximum absolute atomic E-state index is 13.2. The van der Waals surface area contributed by atoms with Crippen molar-refractivity contribution in [3.63, 3.8) is 0 Å². The molecule has 0 saturated carbocycles. The number of fused-ring (bicyclic) bond motifs is 2. The number of halogens is 1. The van der Waals surface area contributed by atoms with Crippen molar-refractivity contribution in [2.24, 2.45) is 0 Å². The van der Waals surface area contributed by atoms with Crippen LogP contribution in [0.3, 0.4) is 0 Å². The van der Waals surface area contributed by atoms with Crippen molar-refractivity contribution in [2.75, 3.05) is 0 Å². The van der Waals surface area contributed by atoms with Gasteiger partial charge in [-0.05, 0) is 67.5 Å². The van der Waals surface area contributed by atoms with Crippen LogP contribution in [0.4, 0.5) is 0 Å². The first-order chi connectivity index (χ1) is 16.0. The molecule has 3 aromatic heterocycles. The minimum Gasteiger partial charge on any atom is -0.361 e. The lowest BCUT2D eigenvalue weighted by atomic mass is 10.1. The van der Waals surface area contributed by atoms with E-state index in [1.165, 1.54) is 26.9 Å². The monoisotopic (exact) mass is 477 g/mol. The van der Waals surface area contributed by atoms with Gasteiger partial charge in [-0.25, -0.2) is 4.79 Å². The molecule has 0 amide bonds. The number of benzene rings is 2. The number of thiophene rings is 1. The van der Waals surface area contributed by atoms with E-state index in [9.17, 15) is 9.59 Å². The molecule has 5 nitrogen and oxygen atoms in total. The molecule has 5 aromatic rings. The number of hydrogen-bond donors (Lipinski definition) is 2. The maximum Gasteiger partial charge on any atom is 0.329 e. The Hall–Kier alpha value is -3.09. The fourth-order valence-electron chi connectivity index (χ4n) is 4.42. The molecular weight excluding hydrogens is 454 g/mol. The number of nitrogens with zero attached hydrogens (tertiary/aromatic N) is 1. The van der Waals surface area contributed by atoms with Gasteiger partial charge in [0.05, 0.1) is 5.39 Å². The first-order valence-corrected chi connectivity index (χ1v) is 12.3. The lowest BCUT2D eigenvalue weighted by Gasteiger charge is -2.06. The molecule has 3 heterocycles. The standard InChI is InChI=1S/C26H24ClN3O2S/c1-16-22(13-10-18-15-28-21-7-3-2-6-20(18)21)33-24-23(16)25(31)30(26(32)29-24)14-4-5-17-8-11-19(27)12-9-17/h2-3,6-9,11-12,15,28H,4-5,10,13-14H2,1H3,(H,29,32). The molecule has 7 heteroatoms. The second-order valence-electron chi connectivity index (χ2n) is 8.33. The normalized spacial score (nSPS) is 11.6. The summed E-state index contributed by atoms with van der Waals surface area (Å²) in [6.07, 6.45) is 5.23. The summed E-state index contributed by atoms with van der Waals surface area (Å²) in [5.41, 5.74) is 3.96. The highest BCUT2D eigenvalue weighted by molar-refractivity contribution is 7.18. The van der Waals surface area contributed by atoms with Gasteiger partial charge in [-0.3, -0.25) is 14.3 Å². The quantitative estimate of drug-likeness (QED) is 0.319. The van der Waals surface area contributed by atoms with Gasteiger partial charge in [0.2, 0.25) is 0 Å². The van der Waals surface area contributed by atoms with Gasteiger partial charge in [0.1, 0.15) is 4.83 Å². The Labute approximate surface area is 199 Å². The molecule has 0 saturated heterocycles. The Morgan fingerprint density at radius 2 is 1.79 bits per heavy atom. The van der Waals surface area contributed by atoms with Crippen molar-refractivity contribution < 1.29 is 0 Å². The number of aryl methyl sites for hydroxylation is 4. The van der Waals surface area contributed by atoms with Crippen LogP contribution < -0.4 is 11.2 Å². The number of para-hydroxylation sites is 1. The summed E-state index contributed by atoms with van der Waals surface area (Å²) in [7, 11) is 0. The fraction of sp³-hybridized carbons (Fsp3) is 0.231. The van der Waals surface area contributed by atoms with Crippen LogP contribution in [-0.4, -0.2) is 14.5 Å². The van der Waals surface area contributed by atoms with Crippen molar-refractivity contribution in [1.82, 2.24) is 14.5 Å². The topological polar surface area (TPSA) is 70.7 Å². The third-order valence-corrected chi connectivity index (χ3v) is 7.75. The molecule has 0 radical (unpaired) electrons. The molecule has 0 bridgehead atoms. The molecule has 5 rings (SSSR count). The summed E-state index contributed by atoms with van der Waals surface area (Å²) in [5, 5.41) is 2.57. The summed E-state index contributed by atoms with van der Waals surface area (Å²) >= 11 is 7.46. The number of aromatic nitrogens is 3. The molecule has 0 aliphatic heterocycles. The lowest BCUT2D eigenvalue weighted by Crippen LogP contribution is -2.35. The van der Waals surface area contributed by atoms with Gasteiger partial charge in [0.25, 0.3) is 5.56 Å². The largest absolute Gasteiger partial charge is 0.361 e. The molecule has 0 atom stereocenters. The SMILES string of the molecule is Cc1c(CCc2c[nH]c3ccccc23)sc2[nH]c(=O)n(CCCc3ccc(Cl)cc3)c(=O)c12. The van der Waals surface area contributed by atoms with Crippen LogP contribution in [-0.2, 0) is 25.8 Å². The zero-order valence-electron chi connectivity index (χ0n) is 18.3. The van der Waals surface area contributed by atoms with Crippen LogP contribution in [0.25, 0.3) is 21.1 Å². The first kappa shape index (κ1) is 21.7. The lowest BCUT2D eigenvalue weighted by molar-refractivity contribution is 0.597. The molecule has 0 aliphatic rings. The van der Waals surface area contributed by atoms with E-state index in [1.54, 1.807) is 0 Å². The summed E-state index contributed by atoms with van der Waals surface area (Å²) in [4.78, 5) is 33.9. The average Bonchev–Trinajstić information content (AvgIpc) is 3.36. The second kappa shape index (κ2) is 9.04. The Bertz CT molecular complexity index is 1560. The van der Waals surface area contributed by atoms with Gasteiger partial charge in [0, 0.05) is 33.5 Å². The van der Waals surface area contributed by atoms with Crippen LogP contribution in [0, 0.1) is 6.92 Å². The van der Waals surface area contributed by atoms with E-state index in [-0.39, 0.29) is 11.2 Å². The molecule has 168 valence electrons. The highest BCUT2D eigenvalue weighted by Gasteiger charge is 2.16. The first-order valence-electron chi connectivity index (χ1n) is 11.1. The van der Waals surface area contributed by atoms with Crippen LogP contribution in [0.2, 0.25) is 5.02 Å². The Balaban J connectivity index is 1.37. The van der Waals surface area contributed by atoms with Gasteiger partial charge in [-0.2, -0.15) is 0 Å². The van der Waals surface area contributed by atoms with Crippen LogP contribution >= 0.6 is 22.9 Å². The van der Waals surface area contributed by atoms with Crippen LogP contribution in [0.1, 0.15) is 28.0 Å². The predicted molar refractivity (Wildman–Crippen MR) is 137 cm³/mol. The molecule has 2 aromatic carbocycles. The predicted octanol–water partition coefficient (Wildman–Crippen LogP) is 5.61. The minimum atomic E-state index is -0.340. The third-order valence-electron chi connectivity index (χ3n) is 6.23. The highest BCUT2D eigenvalue weighted by atomic mass is 35.5. The summed E-state index contributed by atoms with van der Waals surface area (Å²) in [6, 6.07) is 15.9. The molecule has 2 N–H and O–H groups in total. The van der Waals surface area contributed by atoms with Crippen molar-refractivity contribution in [3.05, 3.63) is 102 Å². The Morgan fingerprint density at radius 3 is 2.61 bits per heavy atom. The highest BCUT2D eigenvalue weighted by Crippen LogP contribution is 2.28. The average molecular weight is 478 g/mol. The van der Waals surface area contributed by atoms with Crippen LogP contribution in [0.5, 0.6) is 0 Å². The van der Waals surface area contributed by atoms with E-state index < -0.39 is 0 Å². The number of H-pyrrole nitrogens is 2. The molecule has 33 heavy (non-hydrogen) atoms. The number of nitrogens with one attached hydrogen (secondary N) is 2. The zero-order valence-corrected chi connectivity index (χ0v) is 19.9. The van der Waals surface area contributed by atoms with E-state index in [4.69, 9.17) is 11.6 Å². The minimum absolute atomic E-state index is 0.197. The van der Waals surface area contributed by atoms with Crippen molar-refractivity contribution in [1.29, 1.82) is 0 Å². The smallest absolute Gasteiger partial charge is 0.329 e. The van der Waals surface area contributed by atoms with E-state index >= 15 is 0 Å². The number of aromatic amines is 2. The third kappa shape index (κ3) is 4.28. The Morgan fingerprint density at radius 1 is 1.00 bits per heavy atom. The van der Waals surface area contributed by atoms with Gasteiger partial charge < -0.3 is 4.98 Å². The van der Waals surface area contributed by atoms with Gasteiger partial charge >= 0.3 is 5.69 Å². The fourth-order valence-corrected chi connectivity index (χ4v) is 5.73. The van der Waals surface area contributed by atoms with E-state index in [0.717, 1.165) is 40.8 Å².